The van der Waals surface area contributed by atoms with Gasteiger partial charge in [-0.2, -0.15) is 8.42 Å². The van der Waals surface area contributed by atoms with Crippen LogP contribution in [-0.2, 0) is 21.5 Å². The normalized spacial score (nSPS) is 15.0. The van der Waals surface area contributed by atoms with Gasteiger partial charge in [-0.25, -0.2) is 4.39 Å². The number of hydrogen-bond donors (Lipinski definition) is 0. The van der Waals surface area contributed by atoms with E-state index < -0.39 is 27.1 Å². The third-order valence-electron chi connectivity index (χ3n) is 4.98. The minimum atomic E-state index is -4.10. The molecule has 0 spiro atoms. The Morgan fingerprint density at radius 1 is 1.06 bits per heavy atom. The van der Waals surface area contributed by atoms with Gasteiger partial charge in [0.15, 0.2) is 11.5 Å². The van der Waals surface area contributed by atoms with E-state index in [9.17, 15) is 22.4 Å². The molecule has 1 fully saturated rings. The van der Waals surface area contributed by atoms with Gasteiger partial charge in [-0.1, -0.05) is 30.3 Å². The second-order valence-electron chi connectivity index (χ2n) is 7.51. The highest BCUT2D eigenvalue weighted by Crippen LogP contribution is 2.39. The lowest BCUT2D eigenvalue weighted by Gasteiger charge is -2.15. The first-order chi connectivity index (χ1) is 17.2. The standard InChI is InChI=1S/C25H19FINO6S2/c1-2-33-21-13-17(12-20(27)23(21)34-36(31,32)19-6-4-3-5-7-19)14-22-24(29)28(25(30)35-22)15-16-8-10-18(26)11-9-16/h3-14H,2,15H2,1H3/b22-14-. The number of hydrogen-bond acceptors (Lipinski definition) is 7. The lowest BCUT2D eigenvalue weighted by molar-refractivity contribution is -0.123. The lowest BCUT2D eigenvalue weighted by Crippen LogP contribution is -2.27. The molecule has 36 heavy (non-hydrogen) atoms. The van der Waals surface area contributed by atoms with Gasteiger partial charge in [0.1, 0.15) is 10.7 Å². The van der Waals surface area contributed by atoms with Crippen LogP contribution in [0.5, 0.6) is 11.5 Å². The van der Waals surface area contributed by atoms with E-state index in [-0.39, 0.29) is 34.5 Å². The summed E-state index contributed by atoms with van der Waals surface area (Å²) in [5, 5.41) is -0.441. The zero-order chi connectivity index (χ0) is 25.9. The molecule has 1 aliphatic rings. The fourth-order valence-electron chi connectivity index (χ4n) is 3.32. The number of carbonyl (C=O) groups is 2. The highest BCUT2D eigenvalue weighted by atomic mass is 127. The molecule has 1 saturated heterocycles. The molecular weight excluding hydrogens is 620 g/mol. The third-order valence-corrected chi connectivity index (χ3v) is 7.93. The van der Waals surface area contributed by atoms with Gasteiger partial charge in [0.25, 0.3) is 11.1 Å². The van der Waals surface area contributed by atoms with Crippen molar-refractivity contribution in [2.45, 2.75) is 18.4 Å². The van der Waals surface area contributed by atoms with E-state index in [2.05, 4.69) is 0 Å². The molecule has 1 aliphatic heterocycles. The Bertz CT molecular complexity index is 1440. The third kappa shape index (κ3) is 5.90. The highest BCUT2D eigenvalue weighted by molar-refractivity contribution is 14.1. The molecule has 0 N–H and O–H groups in total. The van der Waals surface area contributed by atoms with Crippen molar-refractivity contribution >= 4 is 61.7 Å². The smallest absolute Gasteiger partial charge is 0.339 e. The molecule has 0 atom stereocenters. The maximum atomic E-state index is 13.2. The zero-order valence-corrected chi connectivity index (χ0v) is 22.6. The number of imide groups is 1. The van der Waals surface area contributed by atoms with Crippen molar-refractivity contribution in [1.29, 1.82) is 0 Å². The Morgan fingerprint density at radius 3 is 2.42 bits per heavy atom. The Labute approximate surface area is 225 Å². The second kappa shape index (κ2) is 11.0. The van der Waals surface area contributed by atoms with Gasteiger partial charge in [0.05, 0.1) is 21.6 Å². The van der Waals surface area contributed by atoms with Crippen LogP contribution in [0.2, 0.25) is 0 Å². The Hall–Kier alpha value is -2.90. The van der Waals surface area contributed by atoms with Gasteiger partial charge in [-0.15, -0.1) is 0 Å². The number of carbonyl (C=O) groups excluding carboxylic acids is 2. The first kappa shape index (κ1) is 26.2. The van der Waals surface area contributed by atoms with Crippen LogP contribution < -0.4 is 8.92 Å². The Kier molecular flexibility index (Phi) is 8.00. The van der Waals surface area contributed by atoms with Crippen LogP contribution in [-0.4, -0.2) is 31.1 Å². The summed E-state index contributed by atoms with van der Waals surface area (Å²) in [5.41, 5.74) is 1.15. The van der Waals surface area contributed by atoms with Crippen molar-refractivity contribution < 1.29 is 31.3 Å². The number of amides is 2. The van der Waals surface area contributed by atoms with Crippen LogP contribution in [0.4, 0.5) is 9.18 Å². The van der Waals surface area contributed by atoms with E-state index in [1.54, 1.807) is 37.3 Å². The summed E-state index contributed by atoms with van der Waals surface area (Å²) in [7, 11) is -4.10. The molecule has 0 bridgehead atoms. The van der Waals surface area contributed by atoms with Crippen LogP contribution in [0.25, 0.3) is 6.08 Å². The van der Waals surface area contributed by atoms with Crippen LogP contribution >= 0.6 is 34.4 Å². The molecule has 11 heteroatoms. The Morgan fingerprint density at radius 2 is 1.75 bits per heavy atom. The maximum Gasteiger partial charge on any atom is 0.339 e. The van der Waals surface area contributed by atoms with E-state index in [1.165, 1.54) is 42.5 Å². The van der Waals surface area contributed by atoms with E-state index in [4.69, 9.17) is 8.92 Å². The molecule has 4 rings (SSSR count). The van der Waals surface area contributed by atoms with E-state index in [1.807, 2.05) is 22.6 Å². The maximum absolute atomic E-state index is 13.2. The quantitative estimate of drug-likeness (QED) is 0.174. The lowest BCUT2D eigenvalue weighted by atomic mass is 10.1. The zero-order valence-electron chi connectivity index (χ0n) is 18.8. The number of benzene rings is 3. The SMILES string of the molecule is CCOc1cc(/C=C2\SC(=O)N(Cc3ccc(F)cc3)C2=O)cc(I)c1OS(=O)(=O)c1ccccc1. The molecule has 0 aromatic heterocycles. The molecule has 186 valence electrons. The molecule has 0 radical (unpaired) electrons. The summed E-state index contributed by atoms with van der Waals surface area (Å²) in [5.74, 6) is -0.672. The summed E-state index contributed by atoms with van der Waals surface area (Å²) < 4.78 is 50.2. The van der Waals surface area contributed by atoms with Gasteiger partial charge in [-0.05, 0) is 94.9 Å². The minimum absolute atomic E-state index is 0.00199. The molecule has 0 aliphatic carbocycles. The Balaban J connectivity index is 1.61. The van der Waals surface area contributed by atoms with Crippen LogP contribution in [0.3, 0.4) is 0 Å². The summed E-state index contributed by atoms with van der Waals surface area (Å²) >= 11 is 2.72. The number of thioether (sulfide) groups is 1. The number of halogens is 2. The van der Waals surface area contributed by atoms with E-state index >= 15 is 0 Å². The number of rotatable bonds is 8. The van der Waals surface area contributed by atoms with Crippen LogP contribution in [0.1, 0.15) is 18.1 Å². The van der Waals surface area contributed by atoms with Crippen molar-refractivity contribution in [3.63, 3.8) is 0 Å². The van der Waals surface area contributed by atoms with Gasteiger partial charge in [-0.3, -0.25) is 14.5 Å². The summed E-state index contributed by atoms with van der Waals surface area (Å²) in [6, 6.07) is 16.5. The van der Waals surface area contributed by atoms with Gasteiger partial charge in [0.2, 0.25) is 0 Å². The van der Waals surface area contributed by atoms with Gasteiger partial charge in [0, 0.05) is 0 Å². The topological polar surface area (TPSA) is 90.0 Å². The fourth-order valence-corrected chi connectivity index (χ4v) is 6.02. The first-order valence-corrected chi connectivity index (χ1v) is 13.9. The number of nitrogens with zero attached hydrogens (tertiary/aromatic N) is 1. The minimum Gasteiger partial charge on any atom is -0.490 e. The molecule has 7 nitrogen and oxygen atoms in total. The van der Waals surface area contributed by atoms with Gasteiger partial charge >= 0.3 is 10.1 Å². The molecular formula is C25H19FINO6S2. The van der Waals surface area contributed by atoms with Crippen LogP contribution in [0.15, 0.2) is 76.5 Å². The molecule has 3 aromatic rings. The summed E-state index contributed by atoms with van der Waals surface area (Å²) in [6.45, 7) is 2.01. The molecule has 2 amide bonds. The monoisotopic (exact) mass is 639 g/mol. The molecule has 0 saturated carbocycles. The summed E-state index contributed by atoms with van der Waals surface area (Å²) in [6.07, 6.45) is 1.54. The van der Waals surface area contributed by atoms with E-state index in [0.717, 1.165) is 16.7 Å². The van der Waals surface area contributed by atoms with Crippen molar-refractivity contribution in [2.24, 2.45) is 0 Å². The molecule has 1 heterocycles. The van der Waals surface area contributed by atoms with Crippen molar-refractivity contribution in [2.75, 3.05) is 6.61 Å². The average molecular weight is 639 g/mol. The van der Waals surface area contributed by atoms with Crippen molar-refractivity contribution in [1.82, 2.24) is 4.90 Å². The summed E-state index contributed by atoms with van der Waals surface area (Å²) in [4.78, 5) is 26.7. The fraction of sp³-hybridized carbons (Fsp3) is 0.120. The van der Waals surface area contributed by atoms with Gasteiger partial charge < -0.3 is 8.92 Å². The largest absolute Gasteiger partial charge is 0.490 e. The van der Waals surface area contributed by atoms with E-state index in [0.29, 0.717) is 14.7 Å². The molecule has 0 unspecified atom stereocenters. The second-order valence-corrected chi connectivity index (χ2v) is 11.2. The van der Waals surface area contributed by atoms with Crippen molar-refractivity contribution in [3.8, 4) is 11.5 Å². The highest BCUT2D eigenvalue weighted by Gasteiger charge is 2.35. The molecule has 3 aromatic carbocycles. The average Bonchev–Trinajstić information content (AvgIpc) is 3.10. The predicted octanol–water partition coefficient (Wildman–Crippen LogP) is 5.83. The first-order valence-electron chi connectivity index (χ1n) is 10.6. The van der Waals surface area contributed by atoms with Crippen molar-refractivity contribution in [3.05, 3.63) is 92.1 Å². The van der Waals surface area contributed by atoms with Crippen LogP contribution in [0, 0.1) is 9.39 Å². The number of ether oxygens (including phenoxy) is 1. The predicted molar refractivity (Wildman–Crippen MR) is 142 cm³/mol.